The third-order valence-corrected chi connectivity index (χ3v) is 3.78. The van der Waals surface area contributed by atoms with Crippen molar-refractivity contribution in [3.05, 3.63) is 33.1 Å². The summed E-state index contributed by atoms with van der Waals surface area (Å²) in [6.07, 6.45) is 0. The van der Waals surface area contributed by atoms with Gasteiger partial charge < -0.3 is 4.42 Å². The molecule has 0 fully saturated rings. The third-order valence-electron chi connectivity index (χ3n) is 1.62. The zero-order chi connectivity index (χ0) is 10.7. The minimum atomic E-state index is 0.416. The maximum Gasteiger partial charge on any atom is 0.193 e. The van der Waals surface area contributed by atoms with Crippen LogP contribution in [0.15, 0.2) is 16.5 Å². The van der Waals surface area contributed by atoms with Crippen LogP contribution in [0, 0.1) is 0 Å². The number of aromatic nitrogens is 2. The van der Waals surface area contributed by atoms with E-state index in [0.717, 1.165) is 23.0 Å². The molecule has 0 bridgehead atoms. The SMILES string of the molecule is Clc1ccc(CSCc2nnsc2Cl)o1. The van der Waals surface area contributed by atoms with Gasteiger partial charge in [-0.05, 0) is 23.7 Å². The Balaban J connectivity index is 1.83. The lowest BCUT2D eigenvalue weighted by atomic mass is 10.5. The fraction of sp³-hybridized carbons (Fsp3) is 0.250. The molecule has 0 atom stereocenters. The lowest BCUT2D eigenvalue weighted by Crippen LogP contribution is -1.83. The van der Waals surface area contributed by atoms with Crippen molar-refractivity contribution in [3.63, 3.8) is 0 Å². The molecular weight excluding hydrogens is 275 g/mol. The van der Waals surface area contributed by atoms with Gasteiger partial charge in [0.2, 0.25) is 0 Å². The van der Waals surface area contributed by atoms with E-state index in [1.165, 1.54) is 11.5 Å². The van der Waals surface area contributed by atoms with E-state index < -0.39 is 0 Å². The van der Waals surface area contributed by atoms with Crippen LogP contribution >= 0.6 is 46.5 Å². The molecule has 0 saturated carbocycles. The van der Waals surface area contributed by atoms with Crippen LogP contribution in [0.5, 0.6) is 0 Å². The molecule has 2 aromatic heterocycles. The van der Waals surface area contributed by atoms with Crippen molar-refractivity contribution in [2.75, 3.05) is 0 Å². The fourth-order valence-corrected chi connectivity index (χ4v) is 2.77. The summed E-state index contributed by atoms with van der Waals surface area (Å²) in [5, 5.41) is 4.33. The quantitative estimate of drug-likeness (QED) is 0.852. The van der Waals surface area contributed by atoms with Crippen LogP contribution in [0.4, 0.5) is 0 Å². The van der Waals surface area contributed by atoms with Crippen LogP contribution in [0.3, 0.4) is 0 Å². The summed E-state index contributed by atoms with van der Waals surface area (Å²) in [5.41, 5.74) is 0.823. The van der Waals surface area contributed by atoms with Crippen LogP contribution in [0.1, 0.15) is 11.5 Å². The molecule has 2 rings (SSSR count). The van der Waals surface area contributed by atoms with Crippen LogP contribution in [0.25, 0.3) is 0 Å². The van der Waals surface area contributed by atoms with Gasteiger partial charge in [0.1, 0.15) is 15.8 Å². The van der Waals surface area contributed by atoms with E-state index in [-0.39, 0.29) is 0 Å². The number of hydrogen-bond donors (Lipinski definition) is 0. The molecule has 7 heteroatoms. The van der Waals surface area contributed by atoms with Gasteiger partial charge in [-0.25, -0.2) is 0 Å². The van der Waals surface area contributed by atoms with E-state index in [4.69, 9.17) is 27.6 Å². The molecule has 0 amide bonds. The summed E-state index contributed by atoms with van der Waals surface area (Å²) in [6.45, 7) is 0. The van der Waals surface area contributed by atoms with Crippen molar-refractivity contribution in [2.45, 2.75) is 11.5 Å². The Labute approximate surface area is 105 Å². The second kappa shape index (κ2) is 5.21. The number of rotatable bonds is 4. The molecule has 3 nitrogen and oxygen atoms in total. The van der Waals surface area contributed by atoms with Gasteiger partial charge >= 0.3 is 0 Å². The molecule has 15 heavy (non-hydrogen) atoms. The Morgan fingerprint density at radius 2 is 2.20 bits per heavy atom. The second-order valence-electron chi connectivity index (χ2n) is 2.69. The van der Waals surface area contributed by atoms with Gasteiger partial charge in [-0.3, -0.25) is 0 Å². The summed E-state index contributed by atoms with van der Waals surface area (Å²) in [4.78, 5) is 0. The van der Waals surface area contributed by atoms with Crippen molar-refractivity contribution < 1.29 is 4.42 Å². The largest absolute Gasteiger partial charge is 0.449 e. The van der Waals surface area contributed by atoms with E-state index in [1.807, 2.05) is 6.07 Å². The predicted octanol–water partition coefficient (Wildman–Crippen LogP) is 3.87. The third kappa shape index (κ3) is 3.11. The molecule has 0 aromatic carbocycles. The first kappa shape index (κ1) is 11.3. The van der Waals surface area contributed by atoms with Crippen molar-refractivity contribution in [1.82, 2.24) is 9.59 Å². The molecule has 0 N–H and O–H groups in total. The van der Waals surface area contributed by atoms with Crippen LogP contribution in [-0.4, -0.2) is 9.59 Å². The van der Waals surface area contributed by atoms with E-state index in [1.54, 1.807) is 17.8 Å². The number of hydrogen-bond acceptors (Lipinski definition) is 5. The average molecular weight is 281 g/mol. The van der Waals surface area contributed by atoms with Crippen LogP contribution in [0.2, 0.25) is 9.56 Å². The molecule has 0 saturated heterocycles. The highest BCUT2D eigenvalue weighted by Gasteiger charge is 2.06. The van der Waals surface area contributed by atoms with Gasteiger partial charge in [-0.2, -0.15) is 0 Å². The molecule has 0 aliphatic carbocycles. The zero-order valence-electron chi connectivity index (χ0n) is 7.44. The summed E-state index contributed by atoms with van der Waals surface area (Å²) in [6, 6.07) is 3.59. The highest BCUT2D eigenvalue weighted by atomic mass is 35.5. The maximum atomic E-state index is 5.86. The van der Waals surface area contributed by atoms with Crippen molar-refractivity contribution in [3.8, 4) is 0 Å². The lowest BCUT2D eigenvalue weighted by molar-refractivity contribution is 0.532. The highest BCUT2D eigenvalue weighted by molar-refractivity contribution is 7.97. The van der Waals surface area contributed by atoms with Crippen molar-refractivity contribution in [1.29, 1.82) is 0 Å². The summed E-state index contributed by atoms with van der Waals surface area (Å²) < 4.78 is 9.62. The molecule has 0 spiro atoms. The van der Waals surface area contributed by atoms with Gasteiger partial charge in [0.05, 0.1) is 5.75 Å². The Morgan fingerprint density at radius 1 is 1.33 bits per heavy atom. The van der Waals surface area contributed by atoms with Gasteiger partial charge in [0, 0.05) is 17.3 Å². The highest BCUT2D eigenvalue weighted by Crippen LogP contribution is 2.25. The lowest BCUT2D eigenvalue weighted by Gasteiger charge is -1.95. The Hall–Kier alpha value is -0.230. The van der Waals surface area contributed by atoms with Crippen LogP contribution < -0.4 is 0 Å². The Bertz CT molecular complexity index is 443. The number of nitrogens with zero attached hydrogens (tertiary/aromatic N) is 2. The monoisotopic (exact) mass is 280 g/mol. The van der Waals surface area contributed by atoms with Crippen molar-refractivity contribution in [2.24, 2.45) is 0 Å². The number of halogens is 2. The van der Waals surface area contributed by atoms with Gasteiger partial charge in [0.15, 0.2) is 5.22 Å². The average Bonchev–Trinajstić information content (AvgIpc) is 2.77. The molecule has 0 aliphatic rings. The molecule has 2 heterocycles. The Morgan fingerprint density at radius 3 is 2.80 bits per heavy atom. The van der Waals surface area contributed by atoms with Gasteiger partial charge in [-0.15, -0.1) is 16.9 Å². The van der Waals surface area contributed by atoms with Gasteiger partial charge in [-0.1, -0.05) is 16.1 Å². The molecule has 0 aliphatic heterocycles. The second-order valence-corrected chi connectivity index (χ2v) is 5.41. The standard InChI is InChI=1S/C8H6Cl2N2OS2/c9-7-2-1-5(13-7)3-14-4-6-8(10)15-12-11-6/h1-2H,3-4H2. The fourth-order valence-electron chi connectivity index (χ4n) is 0.961. The zero-order valence-corrected chi connectivity index (χ0v) is 10.6. The molecule has 0 radical (unpaired) electrons. The maximum absolute atomic E-state index is 5.86. The number of furan rings is 1. The minimum absolute atomic E-state index is 0.416. The molecular formula is C8H6Cl2N2OS2. The van der Waals surface area contributed by atoms with E-state index in [9.17, 15) is 0 Å². The Kier molecular flexibility index (Phi) is 3.91. The normalized spacial score (nSPS) is 10.8. The van der Waals surface area contributed by atoms with E-state index in [0.29, 0.717) is 9.56 Å². The van der Waals surface area contributed by atoms with Crippen LogP contribution in [-0.2, 0) is 11.5 Å². The number of thioether (sulfide) groups is 1. The first-order valence-electron chi connectivity index (χ1n) is 4.04. The summed E-state index contributed by atoms with van der Waals surface area (Å²) in [7, 11) is 0. The first-order chi connectivity index (χ1) is 7.25. The van der Waals surface area contributed by atoms with E-state index >= 15 is 0 Å². The first-order valence-corrected chi connectivity index (χ1v) is 6.73. The minimum Gasteiger partial charge on any atom is -0.449 e. The summed E-state index contributed by atoms with van der Waals surface area (Å²) in [5.74, 6) is 2.33. The molecule has 0 unspecified atom stereocenters. The van der Waals surface area contributed by atoms with E-state index in [2.05, 4.69) is 9.59 Å². The topological polar surface area (TPSA) is 38.9 Å². The predicted molar refractivity (Wildman–Crippen MR) is 63.6 cm³/mol. The summed E-state index contributed by atoms with van der Waals surface area (Å²) >= 11 is 14.4. The molecule has 80 valence electrons. The molecule has 2 aromatic rings. The van der Waals surface area contributed by atoms with Crippen molar-refractivity contribution >= 4 is 46.5 Å². The van der Waals surface area contributed by atoms with Gasteiger partial charge in [0.25, 0.3) is 0 Å². The smallest absolute Gasteiger partial charge is 0.193 e.